The van der Waals surface area contributed by atoms with Gasteiger partial charge in [0.15, 0.2) is 43.5 Å². The molecule has 12 heterocycles. The van der Waals surface area contributed by atoms with Gasteiger partial charge in [0, 0.05) is 5.41 Å². The lowest BCUT2D eigenvalue weighted by Crippen LogP contribution is -2.70. The van der Waals surface area contributed by atoms with E-state index in [1.54, 1.807) is 0 Å². The SMILES string of the molecule is C[C@@H]1O[C@H]2O[C@H]3C(OC[C@H](O)[C@@H]3O)OC(=O)[C@]34CCC(C)(C)CC3C3=CC[C@@H]5[C@@]6(C)C[C@H](O)[C@H](O[C@@H]7O[C@H](CO)[C@@H](O)[C@H](O)C7OC7OCC(OC(=O)C[C@](C)(O)CC(=O)O[C@@H]1[C@@H](O[C@@H]1OC[C@@H](O)[C@H](O)[C@H]1O)[C@H]2O)[C@H](O)[C@H]7O)[C@@](C)(CO)[C@@H]6CC[C@@]5(C)[C@]3(C)CC4. The van der Waals surface area contributed by atoms with E-state index in [9.17, 15) is 81.1 Å². The van der Waals surface area contributed by atoms with Crippen molar-refractivity contribution in [2.45, 2.75) is 279 Å². The standard InChI is InChI=1S/C63H98O29/c1-26-46-47(88-51-43(76)38(71)30(67)22-81-51)45(78)53(84-26)90-48-39(72)31(68)23-82-54(48)92-56(79)63-15-13-57(2,3)17-28(63)27-9-10-35-59(5)18-29(66)50(60(6,25-65)34(59)11-12-62(35,8)61(27,7)14-16-63)91-55-49(42(75)40(73)32(21-64)86-55)89-52-44(77)41(74)33(24-83-52)85-36(69)19-58(4,80)20-37(70)87-46/h9,26,28-35,38-55,64-68,71-78,80H,10-25H2,1-8H3/t26-,28?,29-,30+,31-,32+,33?,34+,35+,38-,39-,40+,41-,42-,43+,44+,45+,46-,47-,48+,49?,50-,51-,52?,53-,54?,55-,58-,59-,60-,61+,62+,63-/m0/s1. The van der Waals surface area contributed by atoms with Crippen LogP contribution in [0.1, 0.15) is 126 Å². The molecule has 17 rings (SSSR count). The van der Waals surface area contributed by atoms with Crippen LogP contribution in [0, 0.1) is 50.2 Å². The van der Waals surface area contributed by atoms with Gasteiger partial charge in [-0.15, -0.1) is 0 Å². The summed E-state index contributed by atoms with van der Waals surface area (Å²) in [7, 11) is 0. The molecule has 0 aromatic carbocycles. The number of carbonyl (C=O) groups is 3. The number of aliphatic hydroxyl groups excluding tert-OH is 13. The second kappa shape index (κ2) is 25.8. The van der Waals surface area contributed by atoms with E-state index < -0.39 is 244 Å². The molecule has 0 amide bonds. The van der Waals surface area contributed by atoms with E-state index >= 15 is 4.79 Å². The van der Waals surface area contributed by atoms with Crippen LogP contribution in [-0.4, -0.2) is 275 Å². The zero-order valence-electron chi connectivity index (χ0n) is 53.4. The Morgan fingerprint density at radius 3 is 1.90 bits per heavy atom. The number of carbonyl (C=O) groups excluding carboxylic acids is 3. The molecule has 12 aliphatic heterocycles. The van der Waals surface area contributed by atoms with Crippen LogP contribution in [0.4, 0.5) is 0 Å². The molecule has 1 spiro atoms. The van der Waals surface area contributed by atoms with Gasteiger partial charge < -0.3 is 128 Å². The first-order valence-corrected chi connectivity index (χ1v) is 32.6. The lowest BCUT2D eigenvalue weighted by molar-refractivity contribution is -0.377. The first-order chi connectivity index (χ1) is 43.1. The number of hydrogen-bond acceptors (Lipinski definition) is 29. The molecular formula is C63H98O29. The smallest absolute Gasteiger partial charge is 0.315 e. The highest BCUT2D eigenvalue weighted by atomic mass is 16.8. The fraction of sp³-hybridized carbons (Fsp3) is 0.921. The van der Waals surface area contributed by atoms with Crippen molar-refractivity contribution in [1.82, 2.24) is 0 Å². The van der Waals surface area contributed by atoms with Gasteiger partial charge in [0.2, 0.25) is 6.29 Å². The highest BCUT2D eigenvalue weighted by Gasteiger charge is 2.72. The third-order valence-electron chi connectivity index (χ3n) is 24.0. The summed E-state index contributed by atoms with van der Waals surface area (Å²) in [6, 6.07) is 0. The van der Waals surface area contributed by atoms with E-state index in [4.69, 9.17) is 56.8 Å². The molecule has 524 valence electrons. The van der Waals surface area contributed by atoms with Crippen LogP contribution in [0.2, 0.25) is 0 Å². The van der Waals surface area contributed by atoms with Crippen LogP contribution in [-0.2, 0) is 71.2 Å². The number of rotatable bonds is 4. The summed E-state index contributed by atoms with van der Waals surface area (Å²) in [5.41, 5.74) is -5.49. The minimum Gasteiger partial charge on any atom is -0.457 e. The maximum absolute atomic E-state index is 15.6. The lowest BCUT2D eigenvalue weighted by Gasteiger charge is -2.72. The highest BCUT2D eigenvalue weighted by molar-refractivity contribution is 5.79. The average Bonchev–Trinajstić information content (AvgIpc) is 0.674. The molecule has 5 unspecified atom stereocenters. The van der Waals surface area contributed by atoms with Gasteiger partial charge in [-0.25, -0.2) is 0 Å². The Morgan fingerprint density at radius 2 is 1.21 bits per heavy atom. The number of allylic oxidation sites excluding steroid dienone is 2. The van der Waals surface area contributed by atoms with Crippen molar-refractivity contribution >= 4 is 17.9 Å². The molecule has 4 saturated carbocycles. The molecule has 14 N–H and O–H groups in total. The Morgan fingerprint density at radius 1 is 0.565 bits per heavy atom. The van der Waals surface area contributed by atoms with E-state index in [1.165, 1.54) is 6.92 Å². The average molecular weight is 1320 g/mol. The summed E-state index contributed by atoms with van der Waals surface area (Å²) < 4.78 is 72.3. The Bertz CT molecular complexity index is 2700. The lowest BCUT2D eigenvalue weighted by atomic mass is 9.33. The minimum atomic E-state index is -2.29. The molecular weight excluding hydrogens is 1220 g/mol. The van der Waals surface area contributed by atoms with E-state index in [2.05, 4.69) is 40.7 Å². The van der Waals surface area contributed by atoms with Gasteiger partial charge in [0.05, 0.1) is 75.2 Å². The van der Waals surface area contributed by atoms with Gasteiger partial charge in [-0.1, -0.05) is 53.2 Å². The largest absolute Gasteiger partial charge is 0.457 e. The molecule has 29 heteroatoms. The summed E-state index contributed by atoms with van der Waals surface area (Å²) in [5.74, 6) is -3.90. The predicted molar refractivity (Wildman–Crippen MR) is 306 cm³/mol. The monoisotopic (exact) mass is 1320 g/mol. The van der Waals surface area contributed by atoms with E-state index in [1.807, 2.05) is 6.92 Å². The third-order valence-corrected chi connectivity index (χ3v) is 24.0. The molecule has 0 aromatic heterocycles. The van der Waals surface area contributed by atoms with Crippen LogP contribution in [0.15, 0.2) is 11.6 Å². The van der Waals surface area contributed by atoms with Crippen molar-refractivity contribution in [3.8, 4) is 0 Å². The van der Waals surface area contributed by atoms with Crippen LogP contribution in [0.5, 0.6) is 0 Å². The number of hydrogen-bond donors (Lipinski definition) is 14. The molecule has 12 bridgehead atoms. The summed E-state index contributed by atoms with van der Waals surface area (Å²) in [5, 5.41) is 159. The van der Waals surface area contributed by atoms with Gasteiger partial charge in [-0.2, -0.15) is 0 Å². The van der Waals surface area contributed by atoms with Gasteiger partial charge in [-0.3, -0.25) is 14.4 Å². The maximum atomic E-state index is 15.6. The molecule has 12 fully saturated rings. The second-order valence-electron chi connectivity index (χ2n) is 30.5. The number of esters is 3. The van der Waals surface area contributed by atoms with Crippen molar-refractivity contribution in [2.24, 2.45) is 50.2 Å². The quantitative estimate of drug-likeness (QED) is 0.0590. The van der Waals surface area contributed by atoms with E-state index in [-0.39, 0.29) is 29.6 Å². The topological polar surface area (TPSA) is 445 Å². The Balaban J connectivity index is 0.951. The van der Waals surface area contributed by atoms with Crippen molar-refractivity contribution in [2.75, 3.05) is 33.0 Å². The van der Waals surface area contributed by atoms with Gasteiger partial charge in [0.25, 0.3) is 0 Å². The number of ether oxygens (including phenoxy) is 12. The zero-order valence-corrected chi connectivity index (χ0v) is 53.4. The highest BCUT2D eigenvalue weighted by Crippen LogP contribution is 2.76. The van der Waals surface area contributed by atoms with Crippen molar-refractivity contribution < 1.29 is 143 Å². The third kappa shape index (κ3) is 12.1. The molecule has 0 radical (unpaired) electrons. The molecule has 17 aliphatic rings. The minimum absolute atomic E-state index is 0.109. The summed E-state index contributed by atoms with van der Waals surface area (Å²) in [6.45, 7) is 12.2. The molecule has 8 saturated heterocycles. The van der Waals surface area contributed by atoms with Gasteiger partial charge in [-0.05, 0) is 111 Å². The number of aliphatic hydroxyl groups is 14. The molecule has 0 aromatic rings. The van der Waals surface area contributed by atoms with E-state index in [0.717, 1.165) is 12.5 Å². The maximum Gasteiger partial charge on any atom is 0.315 e. The molecule has 29 nitrogen and oxygen atoms in total. The Hall–Kier alpha value is -2.77. The fourth-order valence-corrected chi connectivity index (χ4v) is 18.5. The van der Waals surface area contributed by atoms with Crippen molar-refractivity contribution in [3.63, 3.8) is 0 Å². The zero-order chi connectivity index (χ0) is 66.9. The normalized spacial score (nSPS) is 54.4. The van der Waals surface area contributed by atoms with Crippen molar-refractivity contribution in [1.29, 1.82) is 0 Å². The van der Waals surface area contributed by atoms with E-state index in [0.29, 0.717) is 51.4 Å². The Kier molecular flexibility index (Phi) is 19.8. The van der Waals surface area contributed by atoms with Crippen LogP contribution >= 0.6 is 0 Å². The van der Waals surface area contributed by atoms with Crippen molar-refractivity contribution in [3.05, 3.63) is 11.6 Å². The predicted octanol–water partition coefficient (Wildman–Crippen LogP) is -2.68. The molecule has 92 heavy (non-hydrogen) atoms. The Labute approximate surface area is 533 Å². The van der Waals surface area contributed by atoms with Gasteiger partial charge >= 0.3 is 17.9 Å². The second-order valence-corrected chi connectivity index (χ2v) is 30.5. The summed E-state index contributed by atoms with van der Waals surface area (Å²) in [6.07, 6.45) is -36.9. The van der Waals surface area contributed by atoms with Crippen LogP contribution in [0.3, 0.4) is 0 Å². The summed E-state index contributed by atoms with van der Waals surface area (Å²) in [4.78, 5) is 43.1. The van der Waals surface area contributed by atoms with Crippen LogP contribution < -0.4 is 0 Å². The molecule has 5 aliphatic carbocycles. The summed E-state index contributed by atoms with van der Waals surface area (Å²) >= 11 is 0. The fourth-order valence-electron chi connectivity index (χ4n) is 18.5. The van der Waals surface area contributed by atoms with Crippen LogP contribution in [0.25, 0.3) is 0 Å². The van der Waals surface area contributed by atoms with Gasteiger partial charge in [0.1, 0.15) is 79.4 Å². The first kappa shape index (κ1) is 70.5. The molecule has 33 atom stereocenters. The first-order valence-electron chi connectivity index (χ1n) is 32.6.